The number of hydrogen-bond donors (Lipinski definition) is 5. The van der Waals surface area contributed by atoms with Gasteiger partial charge in [-0.05, 0) is 198 Å². The Labute approximate surface area is 585 Å². The minimum absolute atomic E-state index is 0.927. The van der Waals surface area contributed by atoms with Crippen LogP contribution in [0.25, 0.3) is 0 Å². The fourth-order valence-electron chi connectivity index (χ4n) is 6.74. The number of aliphatic imine (C=N–C) groups is 4. The predicted molar refractivity (Wildman–Crippen MR) is 447 cm³/mol. The Kier molecular flexibility index (Phi) is 77.9. The van der Waals surface area contributed by atoms with Crippen LogP contribution >= 0.6 is 0 Å². The summed E-state index contributed by atoms with van der Waals surface area (Å²) < 4.78 is 0. The van der Waals surface area contributed by atoms with E-state index in [0.717, 1.165) is 74.0 Å². The molecule has 0 radical (unpaired) electrons. The molecule has 0 saturated heterocycles. The van der Waals surface area contributed by atoms with Crippen LogP contribution < -0.4 is 26.6 Å². The Hall–Kier alpha value is -8.82. The second kappa shape index (κ2) is 74.2. The molecule has 2 aliphatic rings. The zero-order chi connectivity index (χ0) is 74.2. The SMILES string of the molecule is CC.CC.CC.CC.CC.CC.CC.CC.CC.CC.CC.CC.CN=C1C=CC(=Nc2ccc(Nc3ccc(C)cc3)cc2)C=C1.CN=C1C=CC(=Nc2ccc(Nc3ccc(C)cc3)cc2)C=C1.CNc1ccc(C)cc1.CNc1ccc(Nc2ccc(C)cc2)cc1. The van der Waals surface area contributed by atoms with Crippen LogP contribution in [0, 0.1) is 27.7 Å². The van der Waals surface area contributed by atoms with E-state index in [4.69, 9.17) is 0 Å². The summed E-state index contributed by atoms with van der Waals surface area (Å²) in [5.41, 5.74) is 19.5. The largest absolute Gasteiger partial charge is 0.388 e. The first kappa shape index (κ1) is 99.7. The van der Waals surface area contributed by atoms with E-state index in [9.17, 15) is 0 Å². The Bertz CT molecular complexity index is 2820. The van der Waals surface area contributed by atoms with E-state index in [1.54, 1.807) is 14.1 Å². The van der Waals surface area contributed by atoms with E-state index < -0.39 is 0 Å². The molecule has 0 heterocycles. The summed E-state index contributed by atoms with van der Waals surface area (Å²) in [6.45, 7) is 56.3. The van der Waals surface area contributed by atoms with Crippen LogP contribution in [0.1, 0.15) is 188 Å². The highest BCUT2D eigenvalue weighted by Crippen LogP contribution is 2.24. The molecule has 95 heavy (non-hydrogen) atoms. The predicted octanol–water partition coefficient (Wildman–Crippen LogP) is 28.1. The van der Waals surface area contributed by atoms with Crippen molar-refractivity contribution in [2.24, 2.45) is 20.0 Å². The number of benzene rings is 7. The van der Waals surface area contributed by atoms with Crippen molar-refractivity contribution in [2.75, 3.05) is 54.8 Å². The maximum absolute atomic E-state index is 4.61. The van der Waals surface area contributed by atoms with Gasteiger partial charge in [0.25, 0.3) is 0 Å². The van der Waals surface area contributed by atoms with Crippen LogP contribution in [0.2, 0.25) is 0 Å². The Balaban J connectivity index is -0.000000201. The third-order valence-electron chi connectivity index (χ3n) is 11.0. The first-order valence-electron chi connectivity index (χ1n) is 35.6. The number of hydrogen-bond acceptors (Lipinski definition) is 9. The average Bonchev–Trinajstić information content (AvgIpc) is 1.23. The number of nitrogens with zero attached hydrogens (tertiary/aromatic N) is 4. The Morgan fingerprint density at radius 2 is 0.347 bits per heavy atom. The van der Waals surface area contributed by atoms with Gasteiger partial charge in [0.05, 0.1) is 34.2 Å². The molecule has 9 rings (SSSR count). The van der Waals surface area contributed by atoms with E-state index >= 15 is 0 Å². The van der Waals surface area contributed by atoms with E-state index in [1.165, 1.54) is 27.9 Å². The zero-order valence-electron chi connectivity index (χ0n) is 66.1. The van der Waals surface area contributed by atoms with Crippen molar-refractivity contribution in [1.82, 2.24) is 0 Å². The van der Waals surface area contributed by atoms with Crippen molar-refractivity contribution in [3.8, 4) is 0 Å². The van der Waals surface area contributed by atoms with Crippen molar-refractivity contribution in [2.45, 2.75) is 194 Å². The lowest BCUT2D eigenvalue weighted by molar-refractivity contribution is 1.44. The minimum Gasteiger partial charge on any atom is -0.388 e. The van der Waals surface area contributed by atoms with Crippen LogP contribution in [0.5, 0.6) is 0 Å². The van der Waals surface area contributed by atoms with E-state index in [1.807, 2.05) is 277 Å². The minimum atomic E-state index is 0.927. The second-order valence-electron chi connectivity index (χ2n) is 16.7. The van der Waals surface area contributed by atoms with Crippen molar-refractivity contribution >= 4 is 79.7 Å². The van der Waals surface area contributed by atoms with E-state index in [-0.39, 0.29) is 0 Å². The Morgan fingerprint density at radius 1 is 0.200 bits per heavy atom. The molecule has 5 N–H and O–H groups in total. The lowest BCUT2D eigenvalue weighted by Gasteiger charge is -2.07. The molecule has 0 aliphatic heterocycles. The van der Waals surface area contributed by atoms with Crippen molar-refractivity contribution in [3.63, 3.8) is 0 Å². The number of allylic oxidation sites excluding steroid dienone is 8. The van der Waals surface area contributed by atoms with Crippen molar-refractivity contribution in [1.29, 1.82) is 0 Å². The lowest BCUT2D eigenvalue weighted by atomic mass is 10.1. The molecule has 9 heteroatoms. The maximum atomic E-state index is 4.61. The summed E-state index contributed by atoms with van der Waals surface area (Å²) >= 11 is 0. The van der Waals surface area contributed by atoms with Gasteiger partial charge in [-0.2, -0.15) is 0 Å². The molecule has 0 aromatic heterocycles. The molecule has 0 amide bonds. The molecule has 526 valence electrons. The monoisotopic (exact) mass is 1300 g/mol. The summed E-state index contributed by atoms with van der Waals surface area (Å²) in [5, 5.41) is 16.3. The van der Waals surface area contributed by atoms with Crippen LogP contribution in [0.15, 0.2) is 238 Å². The highest BCUT2D eigenvalue weighted by atomic mass is 14.9. The summed E-state index contributed by atoms with van der Waals surface area (Å²) in [6, 6.07) is 57.8. The van der Waals surface area contributed by atoms with Gasteiger partial charge in [0.15, 0.2) is 0 Å². The summed E-state index contributed by atoms with van der Waals surface area (Å²) in [6.07, 6.45) is 15.7. The fourth-order valence-corrected chi connectivity index (χ4v) is 6.74. The van der Waals surface area contributed by atoms with Gasteiger partial charge >= 0.3 is 0 Å². The van der Waals surface area contributed by atoms with Gasteiger partial charge in [-0.3, -0.25) is 9.98 Å². The zero-order valence-corrected chi connectivity index (χ0v) is 66.1. The first-order chi connectivity index (χ1) is 46.6. The smallest absolute Gasteiger partial charge is 0.0638 e. The van der Waals surface area contributed by atoms with Crippen molar-refractivity contribution in [3.05, 3.63) is 241 Å². The molecule has 0 saturated carbocycles. The van der Waals surface area contributed by atoms with E-state index in [2.05, 4.69) is 196 Å². The average molecular weight is 1300 g/mol. The van der Waals surface area contributed by atoms with Gasteiger partial charge in [-0.15, -0.1) is 0 Å². The third-order valence-corrected chi connectivity index (χ3v) is 11.0. The quantitative estimate of drug-likeness (QED) is 0.0877. The normalized spacial score (nSPS) is 9.64. The molecule has 0 fully saturated rings. The first-order valence-corrected chi connectivity index (χ1v) is 35.6. The molecule has 9 nitrogen and oxygen atoms in total. The molecule has 7 aromatic rings. The maximum Gasteiger partial charge on any atom is 0.0638 e. The molecular weight excluding hydrogens is 1160 g/mol. The number of anilines is 8. The molecular formula is C86H137N9. The lowest BCUT2D eigenvalue weighted by Crippen LogP contribution is -1.99. The van der Waals surface area contributed by atoms with Gasteiger partial charge in [0, 0.05) is 73.7 Å². The molecule has 0 bridgehead atoms. The van der Waals surface area contributed by atoms with Crippen molar-refractivity contribution < 1.29 is 0 Å². The molecule has 0 unspecified atom stereocenters. The fraction of sp³-hybridized carbons (Fsp3) is 0.372. The van der Waals surface area contributed by atoms with Gasteiger partial charge < -0.3 is 26.6 Å². The second-order valence-corrected chi connectivity index (χ2v) is 16.7. The highest BCUT2D eigenvalue weighted by Gasteiger charge is 2.02. The van der Waals surface area contributed by atoms with Gasteiger partial charge in [-0.1, -0.05) is 237 Å². The van der Waals surface area contributed by atoms with Crippen LogP contribution in [0.4, 0.5) is 56.9 Å². The van der Waals surface area contributed by atoms with E-state index in [0.29, 0.717) is 0 Å². The molecule has 0 spiro atoms. The highest BCUT2D eigenvalue weighted by molar-refractivity contribution is 6.19. The number of nitrogens with one attached hydrogen (secondary N) is 5. The van der Waals surface area contributed by atoms with Gasteiger partial charge in [-0.25, -0.2) is 9.98 Å². The molecule has 2 aliphatic carbocycles. The van der Waals surface area contributed by atoms with Crippen LogP contribution in [-0.2, 0) is 0 Å². The van der Waals surface area contributed by atoms with Gasteiger partial charge in [0.1, 0.15) is 0 Å². The third kappa shape index (κ3) is 49.4. The Morgan fingerprint density at radius 3 is 0.526 bits per heavy atom. The van der Waals surface area contributed by atoms with Crippen LogP contribution in [-0.4, -0.2) is 51.0 Å². The molecule has 0 atom stereocenters. The summed E-state index contributed by atoms with van der Waals surface area (Å²) in [4.78, 5) is 17.5. The molecule has 7 aromatic carbocycles. The van der Waals surface area contributed by atoms with Crippen LogP contribution in [0.3, 0.4) is 0 Å². The number of aryl methyl sites for hydroxylation is 4. The summed E-state index contributed by atoms with van der Waals surface area (Å²) in [7, 11) is 7.41. The van der Waals surface area contributed by atoms with Gasteiger partial charge in [0.2, 0.25) is 0 Å². The number of rotatable bonds is 10. The standard InChI is InChI=1S/2C20H19N3.C14H16N2.C8H11N.12C2H6/c2*1-15-3-5-17(6-4-15)22-19-11-13-20(14-12-19)23-18-9-7-16(21-2)8-10-18;1-11-3-5-13(6-4-11)16-14-9-7-12(15-2)8-10-14;1-7-3-5-8(9-2)6-4-7;12*1-2/h2*3-14,22H,1-2H3;3-10,15-16H,1-2H3;3-6,9H,1-2H3;12*1-2H3. The topological polar surface area (TPSA) is 110 Å². The summed E-state index contributed by atoms with van der Waals surface area (Å²) in [5.74, 6) is 0.